The Kier molecular flexibility index (Phi) is 4.52. The smallest absolute Gasteiger partial charge is 0.225 e. The third-order valence-electron chi connectivity index (χ3n) is 4.46. The molecule has 0 spiro atoms. The van der Waals surface area contributed by atoms with Crippen LogP contribution in [-0.4, -0.2) is 58.2 Å². The number of nitrogens with one attached hydrogen (secondary N) is 1. The van der Waals surface area contributed by atoms with Crippen LogP contribution < -0.4 is 4.90 Å². The topological polar surface area (TPSA) is 72.5 Å². The number of hydrogen-bond donors (Lipinski definition) is 2. The highest BCUT2D eigenvalue weighted by Crippen LogP contribution is 2.19. The van der Waals surface area contributed by atoms with Crippen molar-refractivity contribution in [1.82, 2.24) is 14.9 Å². The van der Waals surface area contributed by atoms with Crippen molar-refractivity contribution >= 4 is 22.9 Å². The standard InChI is InChI=1S/C17H24N4O2/c1-12(2)15(22)11-16(23)20-7-9-21(10-8-20)17-18-13-5-3-4-6-14(13)19-17/h3-6,12,15,22H,7-11H2,1-2H3,(H,18,19)/t15-/m1/s1. The summed E-state index contributed by atoms with van der Waals surface area (Å²) in [6.45, 7) is 6.70. The highest BCUT2D eigenvalue weighted by Gasteiger charge is 2.25. The van der Waals surface area contributed by atoms with Crippen molar-refractivity contribution in [3.8, 4) is 0 Å². The summed E-state index contributed by atoms with van der Waals surface area (Å²) in [5, 5.41) is 9.87. The molecule has 1 aliphatic heterocycles. The Morgan fingerprint density at radius 3 is 2.61 bits per heavy atom. The van der Waals surface area contributed by atoms with E-state index in [0.717, 1.165) is 30.1 Å². The molecule has 124 valence electrons. The van der Waals surface area contributed by atoms with Crippen LogP contribution in [0, 0.1) is 5.92 Å². The van der Waals surface area contributed by atoms with Gasteiger partial charge in [0.15, 0.2) is 0 Å². The summed E-state index contributed by atoms with van der Waals surface area (Å²) in [5.41, 5.74) is 1.99. The number of carbonyl (C=O) groups excluding carboxylic acids is 1. The summed E-state index contributed by atoms with van der Waals surface area (Å²) in [5.74, 6) is 1.01. The largest absolute Gasteiger partial charge is 0.392 e. The fourth-order valence-electron chi connectivity index (χ4n) is 2.80. The van der Waals surface area contributed by atoms with Crippen molar-refractivity contribution in [1.29, 1.82) is 0 Å². The van der Waals surface area contributed by atoms with E-state index >= 15 is 0 Å². The van der Waals surface area contributed by atoms with Gasteiger partial charge in [0.05, 0.1) is 23.6 Å². The van der Waals surface area contributed by atoms with Gasteiger partial charge in [0.25, 0.3) is 0 Å². The number of imidazole rings is 1. The first-order valence-corrected chi connectivity index (χ1v) is 8.20. The molecule has 23 heavy (non-hydrogen) atoms. The van der Waals surface area contributed by atoms with Gasteiger partial charge in [0.1, 0.15) is 0 Å². The monoisotopic (exact) mass is 316 g/mol. The van der Waals surface area contributed by atoms with Crippen LogP contribution in [-0.2, 0) is 4.79 Å². The lowest BCUT2D eigenvalue weighted by Gasteiger charge is -2.35. The predicted molar refractivity (Wildman–Crippen MR) is 90.3 cm³/mol. The lowest BCUT2D eigenvalue weighted by Crippen LogP contribution is -2.49. The Morgan fingerprint density at radius 2 is 1.96 bits per heavy atom. The number of carbonyl (C=O) groups is 1. The van der Waals surface area contributed by atoms with Gasteiger partial charge in [0, 0.05) is 26.2 Å². The average molecular weight is 316 g/mol. The molecule has 0 saturated carbocycles. The molecule has 3 rings (SSSR count). The molecule has 1 fully saturated rings. The lowest BCUT2D eigenvalue weighted by atomic mass is 10.0. The lowest BCUT2D eigenvalue weighted by molar-refractivity contribution is -0.134. The van der Waals surface area contributed by atoms with Gasteiger partial charge >= 0.3 is 0 Å². The second-order valence-electron chi connectivity index (χ2n) is 6.46. The molecule has 1 aliphatic rings. The van der Waals surface area contributed by atoms with Gasteiger partial charge in [-0.2, -0.15) is 0 Å². The maximum atomic E-state index is 12.2. The second-order valence-corrected chi connectivity index (χ2v) is 6.46. The highest BCUT2D eigenvalue weighted by molar-refractivity contribution is 5.78. The SMILES string of the molecule is CC(C)[C@H](O)CC(=O)N1CCN(c2nc3ccccc3[nH]2)CC1. The summed E-state index contributed by atoms with van der Waals surface area (Å²) >= 11 is 0. The predicted octanol–water partition coefficient (Wildman–Crippen LogP) is 1.62. The Hall–Kier alpha value is -2.08. The van der Waals surface area contributed by atoms with Crippen LogP contribution in [0.5, 0.6) is 0 Å². The average Bonchev–Trinajstić information content (AvgIpc) is 2.98. The van der Waals surface area contributed by atoms with Crippen LogP contribution in [0.25, 0.3) is 11.0 Å². The molecule has 1 aromatic carbocycles. The van der Waals surface area contributed by atoms with Crippen LogP contribution in [0.2, 0.25) is 0 Å². The van der Waals surface area contributed by atoms with E-state index in [9.17, 15) is 9.90 Å². The van der Waals surface area contributed by atoms with Crippen molar-refractivity contribution in [2.24, 2.45) is 5.92 Å². The molecule has 6 heteroatoms. The van der Waals surface area contributed by atoms with E-state index in [1.807, 2.05) is 43.0 Å². The molecule has 1 amide bonds. The van der Waals surface area contributed by atoms with Crippen LogP contribution in [0.1, 0.15) is 20.3 Å². The Morgan fingerprint density at radius 1 is 1.26 bits per heavy atom. The molecule has 1 atom stereocenters. The minimum Gasteiger partial charge on any atom is -0.392 e. The molecule has 1 saturated heterocycles. The van der Waals surface area contributed by atoms with Gasteiger partial charge in [0.2, 0.25) is 11.9 Å². The normalized spacial score (nSPS) is 17.0. The molecule has 2 N–H and O–H groups in total. The molecule has 0 radical (unpaired) electrons. The molecule has 0 aliphatic carbocycles. The van der Waals surface area contributed by atoms with Gasteiger partial charge in [-0.1, -0.05) is 26.0 Å². The van der Waals surface area contributed by atoms with Crippen LogP contribution in [0.4, 0.5) is 5.95 Å². The summed E-state index contributed by atoms with van der Waals surface area (Å²) in [4.78, 5) is 24.2. The van der Waals surface area contributed by atoms with Gasteiger partial charge in [-0.3, -0.25) is 4.79 Å². The number of nitrogens with zero attached hydrogens (tertiary/aromatic N) is 3. The van der Waals surface area contributed by atoms with Gasteiger partial charge in [-0.05, 0) is 18.1 Å². The van der Waals surface area contributed by atoms with E-state index < -0.39 is 6.10 Å². The van der Waals surface area contributed by atoms with Crippen LogP contribution in [0.15, 0.2) is 24.3 Å². The molecular formula is C17H24N4O2. The fourth-order valence-corrected chi connectivity index (χ4v) is 2.80. The molecule has 0 unspecified atom stereocenters. The highest BCUT2D eigenvalue weighted by atomic mass is 16.3. The number of piperazine rings is 1. The molecule has 2 heterocycles. The second kappa shape index (κ2) is 6.58. The van der Waals surface area contributed by atoms with Crippen molar-refractivity contribution in [3.05, 3.63) is 24.3 Å². The summed E-state index contributed by atoms with van der Waals surface area (Å²) in [6.07, 6.45) is -0.349. The summed E-state index contributed by atoms with van der Waals surface area (Å²) < 4.78 is 0. The zero-order valence-corrected chi connectivity index (χ0v) is 13.7. The first-order chi connectivity index (χ1) is 11.0. The van der Waals surface area contributed by atoms with Crippen molar-refractivity contribution < 1.29 is 9.90 Å². The third kappa shape index (κ3) is 3.47. The first-order valence-electron chi connectivity index (χ1n) is 8.20. The number of anilines is 1. The number of H-pyrrole nitrogens is 1. The number of aromatic nitrogens is 2. The van der Waals surface area contributed by atoms with Crippen LogP contribution in [0.3, 0.4) is 0 Å². The number of benzene rings is 1. The number of aliphatic hydroxyl groups excluding tert-OH is 1. The van der Waals surface area contributed by atoms with E-state index in [4.69, 9.17) is 0 Å². The minimum atomic E-state index is -0.559. The quantitative estimate of drug-likeness (QED) is 0.899. The Balaban J connectivity index is 1.58. The van der Waals surface area contributed by atoms with Gasteiger partial charge in [-0.25, -0.2) is 4.98 Å². The zero-order valence-electron chi connectivity index (χ0n) is 13.7. The first kappa shape index (κ1) is 15.8. The number of rotatable bonds is 4. The number of aliphatic hydroxyl groups is 1. The molecule has 2 aromatic rings. The number of amides is 1. The third-order valence-corrected chi connectivity index (χ3v) is 4.46. The van der Waals surface area contributed by atoms with Crippen molar-refractivity contribution in [3.63, 3.8) is 0 Å². The van der Waals surface area contributed by atoms with Crippen molar-refractivity contribution in [2.75, 3.05) is 31.1 Å². The maximum absolute atomic E-state index is 12.2. The summed E-state index contributed by atoms with van der Waals surface area (Å²) in [7, 11) is 0. The number of aromatic amines is 1. The number of hydrogen-bond acceptors (Lipinski definition) is 4. The van der Waals surface area contributed by atoms with E-state index in [1.165, 1.54) is 0 Å². The number of para-hydroxylation sites is 2. The zero-order chi connectivity index (χ0) is 16.4. The van der Waals surface area contributed by atoms with Gasteiger partial charge < -0.3 is 19.9 Å². The maximum Gasteiger partial charge on any atom is 0.225 e. The van der Waals surface area contributed by atoms with E-state index in [1.54, 1.807) is 0 Å². The van der Waals surface area contributed by atoms with E-state index in [2.05, 4.69) is 14.9 Å². The Labute approximate surface area is 136 Å². The number of fused-ring (bicyclic) bond motifs is 1. The molecular weight excluding hydrogens is 292 g/mol. The summed E-state index contributed by atoms with van der Waals surface area (Å²) in [6, 6.07) is 7.96. The fraction of sp³-hybridized carbons (Fsp3) is 0.529. The van der Waals surface area contributed by atoms with E-state index in [-0.39, 0.29) is 18.2 Å². The van der Waals surface area contributed by atoms with Gasteiger partial charge in [-0.15, -0.1) is 0 Å². The molecule has 1 aromatic heterocycles. The van der Waals surface area contributed by atoms with E-state index in [0.29, 0.717) is 13.1 Å². The van der Waals surface area contributed by atoms with Crippen LogP contribution >= 0.6 is 0 Å². The Bertz CT molecular complexity index is 641. The molecule has 6 nitrogen and oxygen atoms in total. The van der Waals surface area contributed by atoms with Crippen molar-refractivity contribution in [2.45, 2.75) is 26.4 Å². The molecule has 0 bridgehead atoms. The minimum absolute atomic E-state index is 0.0375.